The summed E-state index contributed by atoms with van der Waals surface area (Å²) in [7, 11) is 0. The average Bonchev–Trinajstić information content (AvgIpc) is 2.34. The topological polar surface area (TPSA) is 37.3 Å². The predicted octanol–water partition coefficient (Wildman–Crippen LogP) is 4.70. The van der Waals surface area contributed by atoms with Gasteiger partial charge in [-0.3, -0.25) is 0 Å². The van der Waals surface area contributed by atoms with Crippen LogP contribution in [0.1, 0.15) is 21.5 Å². The Kier molecular flexibility index (Phi) is 4.76. The Morgan fingerprint density at radius 1 is 1.05 bits per heavy atom. The van der Waals surface area contributed by atoms with Gasteiger partial charge in [-0.15, -0.1) is 11.8 Å². The number of halogens is 7. The number of rotatable bonds is 3. The third kappa shape index (κ3) is 2.75. The number of aromatic carboxylic acids is 1. The lowest BCUT2D eigenvalue weighted by molar-refractivity contribution is -0.349. The van der Waals surface area contributed by atoms with Gasteiger partial charge in [-0.2, -0.15) is 26.3 Å². The van der Waals surface area contributed by atoms with Crippen LogP contribution < -0.4 is 0 Å². The van der Waals surface area contributed by atoms with E-state index in [1.165, 1.54) is 0 Å². The van der Waals surface area contributed by atoms with Gasteiger partial charge in [0, 0.05) is 10.5 Å². The molecule has 0 fully saturated rings. The van der Waals surface area contributed by atoms with Crippen molar-refractivity contribution in [1.29, 1.82) is 0 Å². The molecule has 0 radical (unpaired) electrons. The summed E-state index contributed by atoms with van der Waals surface area (Å²) in [5, 5.41) is 8.85. The highest BCUT2D eigenvalue weighted by molar-refractivity contribution is 7.98. The molecule has 1 rings (SSSR count). The molecule has 10 heteroatoms. The first-order valence-corrected chi connectivity index (χ1v) is 6.75. The van der Waals surface area contributed by atoms with Gasteiger partial charge in [-0.1, -0.05) is 6.07 Å². The van der Waals surface area contributed by atoms with E-state index in [0.29, 0.717) is 17.8 Å². The molecule has 0 atom stereocenters. The standard InChI is InChI=1S/C12H9F7O2S/c1-5-6(9(20)21)3-4-7(8(5)22-2)10(13,11(14,15)16)12(17,18)19/h3-4H,1-2H3,(H,20,21). The summed E-state index contributed by atoms with van der Waals surface area (Å²) in [4.78, 5) is 10.2. The Bertz CT molecular complexity index is 578. The molecule has 0 aliphatic rings. The normalized spacial score (nSPS) is 13.3. The summed E-state index contributed by atoms with van der Waals surface area (Å²) in [6, 6.07) is 0.738. The zero-order valence-corrected chi connectivity index (χ0v) is 11.9. The molecule has 1 N–H and O–H groups in total. The Labute approximate surface area is 124 Å². The molecule has 0 aliphatic carbocycles. The van der Waals surface area contributed by atoms with Crippen molar-refractivity contribution >= 4 is 17.7 Å². The number of thioether (sulfide) groups is 1. The van der Waals surface area contributed by atoms with Gasteiger partial charge in [-0.05, 0) is 24.8 Å². The molecule has 0 aliphatic heterocycles. The molecular formula is C12H9F7O2S. The van der Waals surface area contributed by atoms with Crippen molar-refractivity contribution in [2.45, 2.75) is 29.8 Å². The first-order chi connectivity index (χ1) is 9.79. The molecule has 2 nitrogen and oxygen atoms in total. The first-order valence-electron chi connectivity index (χ1n) is 5.52. The summed E-state index contributed by atoms with van der Waals surface area (Å²) in [5.41, 5.74) is -8.12. The summed E-state index contributed by atoms with van der Waals surface area (Å²) in [6.45, 7) is 1.02. The number of benzene rings is 1. The van der Waals surface area contributed by atoms with E-state index in [-0.39, 0.29) is 11.6 Å². The molecule has 0 saturated heterocycles. The van der Waals surface area contributed by atoms with Gasteiger partial charge < -0.3 is 5.11 Å². The molecule has 0 unspecified atom stereocenters. The van der Waals surface area contributed by atoms with E-state index in [0.717, 1.165) is 13.2 Å². The number of carboxylic acid groups (broad SMARTS) is 1. The van der Waals surface area contributed by atoms with Crippen LogP contribution in [0.15, 0.2) is 17.0 Å². The number of carboxylic acids is 1. The average molecular weight is 350 g/mol. The lowest BCUT2D eigenvalue weighted by Gasteiger charge is -2.32. The van der Waals surface area contributed by atoms with Crippen LogP contribution in [0.25, 0.3) is 0 Å². The molecule has 0 heterocycles. The van der Waals surface area contributed by atoms with Crippen molar-refractivity contribution in [2.75, 3.05) is 6.26 Å². The number of alkyl halides is 7. The molecule has 22 heavy (non-hydrogen) atoms. The molecular weight excluding hydrogens is 341 g/mol. The van der Waals surface area contributed by atoms with E-state index in [1.807, 2.05) is 0 Å². The second kappa shape index (κ2) is 5.64. The van der Waals surface area contributed by atoms with Gasteiger partial charge >= 0.3 is 24.0 Å². The van der Waals surface area contributed by atoms with Gasteiger partial charge in [-0.25, -0.2) is 9.18 Å². The molecule has 0 saturated carbocycles. The van der Waals surface area contributed by atoms with Crippen LogP contribution in [-0.4, -0.2) is 29.7 Å². The smallest absolute Gasteiger partial charge is 0.435 e. The van der Waals surface area contributed by atoms with Crippen LogP contribution in [0.3, 0.4) is 0 Å². The van der Waals surface area contributed by atoms with Gasteiger partial charge in [0.05, 0.1) is 5.56 Å². The third-order valence-corrected chi connectivity index (χ3v) is 3.93. The monoisotopic (exact) mass is 350 g/mol. The van der Waals surface area contributed by atoms with Gasteiger partial charge in [0.1, 0.15) is 0 Å². The van der Waals surface area contributed by atoms with Crippen LogP contribution in [0.5, 0.6) is 0 Å². The second-order valence-corrected chi connectivity index (χ2v) is 5.09. The highest BCUT2D eigenvalue weighted by Crippen LogP contribution is 2.55. The lowest BCUT2D eigenvalue weighted by atomic mass is 9.91. The van der Waals surface area contributed by atoms with E-state index < -0.39 is 40.0 Å². The maximum absolute atomic E-state index is 14.1. The zero-order chi connectivity index (χ0) is 17.5. The predicted molar refractivity (Wildman–Crippen MR) is 64.8 cm³/mol. The Morgan fingerprint density at radius 2 is 1.50 bits per heavy atom. The quantitative estimate of drug-likeness (QED) is 0.634. The van der Waals surface area contributed by atoms with Crippen LogP contribution in [0.4, 0.5) is 30.7 Å². The van der Waals surface area contributed by atoms with Gasteiger partial charge in [0.25, 0.3) is 0 Å². The Morgan fingerprint density at radius 3 is 1.82 bits per heavy atom. The van der Waals surface area contributed by atoms with E-state index in [2.05, 4.69) is 0 Å². The largest absolute Gasteiger partial charge is 0.478 e. The summed E-state index contributed by atoms with van der Waals surface area (Å²) >= 11 is 0.409. The molecule has 124 valence electrons. The summed E-state index contributed by atoms with van der Waals surface area (Å²) < 4.78 is 90.7. The fourth-order valence-corrected chi connectivity index (χ4v) is 2.77. The highest BCUT2D eigenvalue weighted by atomic mass is 32.2. The maximum atomic E-state index is 14.1. The molecule has 0 spiro atoms. The lowest BCUT2D eigenvalue weighted by Crippen LogP contribution is -2.50. The first kappa shape index (κ1) is 18.6. The second-order valence-electron chi connectivity index (χ2n) is 4.28. The zero-order valence-electron chi connectivity index (χ0n) is 11.1. The number of hydrogen-bond acceptors (Lipinski definition) is 2. The molecule has 1 aromatic rings. The number of hydrogen-bond donors (Lipinski definition) is 1. The Balaban J connectivity index is 3.80. The number of carbonyl (C=O) groups is 1. The van der Waals surface area contributed by atoms with Crippen LogP contribution in [0, 0.1) is 6.92 Å². The molecule has 0 bridgehead atoms. The van der Waals surface area contributed by atoms with Crippen molar-refractivity contribution in [2.24, 2.45) is 0 Å². The third-order valence-electron chi connectivity index (χ3n) is 2.99. The minimum absolute atomic E-state index is 0.212. The van der Waals surface area contributed by atoms with Gasteiger partial charge in [0.2, 0.25) is 0 Å². The van der Waals surface area contributed by atoms with Crippen LogP contribution in [0.2, 0.25) is 0 Å². The van der Waals surface area contributed by atoms with Crippen LogP contribution in [-0.2, 0) is 5.67 Å². The van der Waals surface area contributed by atoms with Crippen LogP contribution >= 0.6 is 11.8 Å². The van der Waals surface area contributed by atoms with Crippen molar-refractivity contribution in [1.82, 2.24) is 0 Å². The van der Waals surface area contributed by atoms with Crippen molar-refractivity contribution in [3.05, 3.63) is 28.8 Å². The van der Waals surface area contributed by atoms with Crippen molar-refractivity contribution in [3.8, 4) is 0 Å². The van der Waals surface area contributed by atoms with Crippen molar-refractivity contribution in [3.63, 3.8) is 0 Å². The minimum Gasteiger partial charge on any atom is -0.478 e. The summed E-state index contributed by atoms with van der Waals surface area (Å²) in [5.74, 6) is -1.54. The highest BCUT2D eigenvalue weighted by Gasteiger charge is 2.74. The molecule has 1 aromatic carbocycles. The van der Waals surface area contributed by atoms with Gasteiger partial charge in [0.15, 0.2) is 0 Å². The van der Waals surface area contributed by atoms with E-state index >= 15 is 0 Å². The SMILES string of the molecule is CSc1c(C(F)(C(F)(F)F)C(F)(F)F)ccc(C(=O)O)c1C. The molecule has 0 aromatic heterocycles. The fourth-order valence-electron chi connectivity index (χ4n) is 1.92. The minimum atomic E-state index is -6.24. The van der Waals surface area contributed by atoms with Crippen molar-refractivity contribution < 1.29 is 40.6 Å². The van der Waals surface area contributed by atoms with E-state index in [4.69, 9.17) is 5.11 Å². The maximum Gasteiger partial charge on any atom is 0.435 e. The summed E-state index contributed by atoms with van der Waals surface area (Å²) in [6.07, 6.45) is -11.4. The van der Waals surface area contributed by atoms with E-state index in [1.54, 1.807) is 0 Å². The van der Waals surface area contributed by atoms with E-state index in [9.17, 15) is 35.5 Å². The fraction of sp³-hybridized carbons (Fsp3) is 0.417. The Hall–Kier alpha value is -1.45. The molecule has 0 amide bonds.